The van der Waals surface area contributed by atoms with Gasteiger partial charge in [0.05, 0.1) is 12.8 Å². The fraction of sp³-hybridized carbons (Fsp3) is 0.333. The summed E-state index contributed by atoms with van der Waals surface area (Å²) < 4.78 is 6.26. The van der Waals surface area contributed by atoms with Crippen LogP contribution in [-0.2, 0) is 11.3 Å². The van der Waals surface area contributed by atoms with Crippen LogP contribution in [-0.4, -0.2) is 16.2 Å². The minimum atomic E-state index is -0.423. The zero-order valence-electron chi connectivity index (χ0n) is 7.95. The van der Waals surface area contributed by atoms with Crippen LogP contribution in [0.25, 0.3) is 0 Å². The van der Waals surface area contributed by atoms with E-state index in [2.05, 4.69) is 11.6 Å². The van der Waals surface area contributed by atoms with E-state index in [0.29, 0.717) is 18.7 Å². The van der Waals surface area contributed by atoms with Crippen LogP contribution < -0.4 is 11.2 Å². The molecule has 0 amide bonds. The molecule has 0 radical (unpaired) electrons. The van der Waals surface area contributed by atoms with E-state index in [9.17, 15) is 9.59 Å². The lowest BCUT2D eigenvalue weighted by atomic mass is 10.4. The first-order chi connectivity index (χ1) is 6.65. The molecule has 0 atom stereocenters. The number of rotatable bonds is 4. The second kappa shape index (κ2) is 4.45. The van der Waals surface area contributed by atoms with Crippen molar-refractivity contribution in [1.82, 2.24) is 9.55 Å². The molecule has 0 spiro atoms. The Morgan fingerprint density at radius 3 is 3.00 bits per heavy atom. The molecule has 0 saturated heterocycles. The molecule has 1 aromatic rings. The van der Waals surface area contributed by atoms with Crippen LogP contribution in [0.1, 0.15) is 5.56 Å². The zero-order chi connectivity index (χ0) is 10.6. The van der Waals surface area contributed by atoms with Crippen molar-refractivity contribution in [3.05, 3.63) is 45.4 Å². The van der Waals surface area contributed by atoms with E-state index in [0.717, 1.165) is 0 Å². The summed E-state index contributed by atoms with van der Waals surface area (Å²) in [4.78, 5) is 24.4. The van der Waals surface area contributed by atoms with E-state index in [4.69, 9.17) is 4.74 Å². The monoisotopic (exact) mass is 196 g/mol. The maximum atomic E-state index is 11.2. The Hall–Kier alpha value is -1.78. The minimum Gasteiger partial charge on any atom is -0.500 e. The van der Waals surface area contributed by atoms with Gasteiger partial charge in [0.25, 0.3) is 5.56 Å². The van der Waals surface area contributed by atoms with Gasteiger partial charge in [-0.25, -0.2) is 4.79 Å². The Morgan fingerprint density at radius 2 is 2.36 bits per heavy atom. The van der Waals surface area contributed by atoms with Crippen molar-refractivity contribution in [2.75, 3.05) is 6.61 Å². The number of nitrogens with one attached hydrogen (secondary N) is 1. The lowest BCUT2D eigenvalue weighted by Crippen LogP contribution is -2.31. The highest BCUT2D eigenvalue weighted by molar-refractivity contribution is 5.00. The molecule has 76 valence electrons. The minimum absolute atomic E-state index is 0.351. The van der Waals surface area contributed by atoms with Crippen molar-refractivity contribution in [3.8, 4) is 0 Å². The van der Waals surface area contributed by atoms with Gasteiger partial charge < -0.3 is 4.74 Å². The van der Waals surface area contributed by atoms with Gasteiger partial charge in [-0.05, 0) is 6.92 Å². The molecule has 1 N–H and O–H groups in total. The second-order valence-corrected chi connectivity index (χ2v) is 2.80. The van der Waals surface area contributed by atoms with Gasteiger partial charge in [0.2, 0.25) is 0 Å². The average Bonchev–Trinajstić information content (AvgIpc) is 2.14. The third-order valence-electron chi connectivity index (χ3n) is 1.76. The molecule has 1 aromatic heterocycles. The van der Waals surface area contributed by atoms with Crippen LogP contribution in [0.3, 0.4) is 0 Å². The van der Waals surface area contributed by atoms with E-state index >= 15 is 0 Å². The molecule has 1 heterocycles. The number of hydrogen-bond acceptors (Lipinski definition) is 3. The molecule has 0 aliphatic rings. The molecule has 0 aromatic carbocycles. The van der Waals surface area contributed by atoms with E-state index in [-0.39, 0.29) is 5.56 Å². The molecular formula is C9H12N2O3. The third-order valence-corrected chi connectivity index (χ3v) is 1.76. The first-order valence-electron chi connectivity index (χ1n) is 4.18. The first-order valence-corrected chi connectivity index (χ1v) is 4.18. The van der Waals surface area contributed by atoms with E-state index in [1.165, 1.54) is 17.0 Å². The fourth-order valence-corrected chi connectivity index (χ4v) is 1.02. The summed E-state index contributed by atoms with van der Waals surface area (Å²) in [6.07, 6.45) is 2.82. The molecule has 0 fully saturated rings. The van der Waals surface area contributed by atoms with Crippen molar-refractivity contribution >= 4 is 0 Å². The van der Waals surface area contributed by atoms with Crippen LogP contribution >= 0.6 is 0 Å². The quantitative estimate of drug-likeness (QED) is 0.544. The number of hydrogen-bond donors (Lipinski definition) is 1. The lowest BCUT2D eigenvalue weighted by molar-refractivity contribution is 0.234. The number of aryl methyl sites for hydroxylation is 1. The number of H-pyrrole nitrogens is 1. The second-order valence-electron chi connectivity index (χ2n) is 2.80. The lowest BCUT2D eigenvalue weighted by Gasteiger charge is -2.04. The van der Waals surface area contributed by atoms with Crippen LogP contribution in [0.5, 0.6) is 0 Å². The Balaban J connectivity index is 2.87. The highest BCUT2D eigenvalue weighted by Gasteiger charge is 1.99. The smallest absolute Gasteiger partial charge is 0.328 e. The number of nitrogens with zero attached hydrogens (tertiary/aromatic N) is 1. The highest BCUT2D eigenvalue weighted by Crippen LogP contribution is 1.85. The highest BCUT2D eigenvalue weighted by atomic mass is 16.5. The van der Waals surface area contributed by atoms with Gasteiger partial charge in [-0.1, -0.05) is 6.58 Å². The summed E-state index contributed by atoms with van der Waals surface area (Å²) in [5.74, 6) is 0. The summed E-state index contributed by atoms with van der Waals surface area (Å²) in [7, 11) is 0. The Labute approximate surface area is 80.7 Å². The molecule has 0 aliphatic heterocycles. The summed E-state index contributed by atoms with van der Waals surface area (Å²) in [5.41, 5.74) is -0.271. The largest absolute Gasteiger partial charge is 0.500 e. The van der Waals surface area contributed by atoms with Crippen LogP contribution in [0.4, 0.5) is 0 Å². The van der Waals surface area contributed by atoms with Crippen LogP contribution in [0.2, 0.25) is 0 Å². The molecule has 5 nitrogen and oxygen atoms in total. The molecule has 0 aliphatic carbocycles. The molecule has 14 heavy (non-hydrogen) atoms. The van der Waals surface area contributed by atoms with Crippen LogP contribution in [0.15, 0.2) is 28.6 Å². The van der Waals surface area contributed by atoms with Gasteiger partial charge in [0.1, 0.15) is 6.61 Å². The summed E-state index contributed by atoms with van der Waals surface area (Å²) in [5, 5.41) is 0. The number of ether oxygens (including phenoxy) is 1. The van der Waals surface area contributed by atoms with Gasteiger partial charge in [0, 0.05) is 11.8 Å². The van der Waals surface area contributed by atoms with Crippen LogP contribution in [0, 0.1) is 6.92 Å². The standard InChI is InChI=1S/C9H12N2O3/c1-3-14-5-4-11-6-7(2)8(12)10-9(11)13/h3,6H,1,4-5H2,2H3,(H,10,12,13). The number of aromatic nitrogens is 2. The third kappa shape index (κ3) is 2.35. The Bertz CT molecular complexity index is 430. The fourth-order valence-electron chi connectivity index (χ4n) is 1.02. The number of aromatic amines is 1. The van der Waals surface area contributed by atoms with E-state index in [1.54, 1.807) is 6.92 Å². The maximum absolute atomic E-state index is 11.2. The van der Waals surface area contributed by atoms with Gasteiger partial charge in [-0.15, -0.1) is 0 Å². The van der Waals surface area contributed by atoms with Crippen molar-refractivity contribution in [1.29, 1.82) is 0 Å². The molecule has 0 bridgehead atoms. The summed E-state index contributed by atoms with van der Waals surface area (Å²) in [6.45, 7) is 5.77. The SMILES string of the molecule is C=COCCn1cc(C)c(=O)[nH]c1=O. The molecule has 5 heteroatoms. The maximum Gasteiger partial charge on any atom is 0.328 e. The van der Waals surface area contributed by atoms with Gasteiger partial charge in [-0.3, -0.25) is 14.3 Å². The predicted octanol–water partition coefficient (Wildman–Crippen LogP) is 0.00512. The Kier molecular flexibility index (Phi) is 3.28. The van der Waals surface area contributed by atoms with Gasteiger partial charge in [0.15, 0.2) is 0 Å². The molecule has 0 saturated carbocycles. The van der Waals surface area contributed by atoms with E-state index in [1.807, 2.05) is 0 Å². The first kappa shape index (κ1) is 10.3. The van der Waals surface area contributed by atoms with E-state index < -0.39 is 5.69 Å². The van der Waals surface area contributed by atoms with Crippen molar-refractivity contribution in [2.24, 2.45) is 0 Å². The summed E-state index contributed by atoms with van der Waals surface area (Å²) in [6, 6.07) is 0. The normalized spacial score (nSPS) is 9.79. The van der Waals surface area contributed by atoms with Crippen molar-refractivity contribution < 1.29 is 4.74 Å². The van der Waals surface area contributed by atoms with Crippen molar-refractivity contribution in [3.63, 3.8) is 0 Å². The molecular weight excluding hydrogens is 184 g/mol. The average molecular weight is 196 g/mol. The summed E-state index contributed by atoms with van der Waals surface area (Å²) >= 11 is 0. The van der Waals surface area contributed by atoms with Gasteiger partial charge >= 0.3 is 5.69 Å². The van der Waals surface area contributed by atoms with Gasteiger partial charge in [-0.2, -0.15) is 0 Å². The van der Waals surface area contributed by atoms with Crippen molar-refractivity contribution in [2.45, 2.75) is 13.5 Å². The molecule has 1 rings (SSSR count). The topological polar surface area (TPSA) is 64.1 Å². The predicted molar refractivity (Wildman–Crippen MR) is 52.2 cm³/mol. The zero-order valence-corrected chi connectivity index (χ0v) is 7.95. The molecule has 0 unspecified atom stereocenters. The Morgan fingerprint density at radius 1 is 1.64 bits per heavy atom.